The molecule has 118 valence electrons. The van der Waals surface area contributed by atoms with Crippen LogP contribution in [-0.2, 0) is 23.9 Å². The lowest BCUT2D eigenvalue weighted by Crippen LogP contribution is -2.23. The van der Waals surface area contributed by atoms with Gasteiger partial charge in [0.15, 0.2) is 0 Å². The number of ether oxygens (including phenoxy) is 2. The molecule has 0 aliphatic rings. The van der Waals surface area contributed by atoms with Crippen molar-refractivity contribution >= 4 is 17.9 Å². The van der Waals surface area contributed by atoms with Crippen molar-refractivity contribution < 1.29 is 29.0 Å². The monoisotopic (exact) mass is 298 g/mol. The van der Waals surface area contributed by atoms with Crippen LogP contribution >= 0.6 is 0 Å². The van der Waals surface area contributed by atoms with Gasteiger partial charge in [-0.1, -0.05) is 39.5 Å². The first-order chi connectivity index (χ1) is 9.90. The molecule has 0 aliphatic heterocycles. The van der Waals surface area contributed by atoms with E-state index in [2.05, 4.69) is 26.7 Å². The highest BCUT2D eigenvalue weighted by atomic mass is 16.7. The first-order valence-electron chi connectivity index (χ1n) is 6.42. The second-order valence-electron chi connectivity index (χ2n) is 3.75. The summed E-state index contributed by atoms with van der Waals surface area (Å²) in [4.78, 5) is 31.2. The van der Waals surface area contributed by atoms with Gasteiger partial charge in [-0.25, -0.2) is 14.4 Å². The van der Waals surface area contributed by atoms with E-state index < -0.39 is 24.2 Å². The number of carbonyl (C=O) groups excluding carboxylic acids is 2. The Balaban J connectivity index is 0. The summed E-state index contributed by atoms with van der Waals surface area (Å²) in [6, 6.07) is 0. The normalized spacial score (nSPS) is 8.86. The van der Waals surface area contributed by atoms with Gasteiger partial charge in [-0.05, 0) is 6.42 Å². The van der Waals surface area contributed by atoms with Crippen LogP contribution in [-0.4, -0.2) is 29.3 Å². The lowest BCUT2D eigenvalue weighted by Gasteiger charge is -2.16. The molecule has 6 heteroatoms. The Morgan fingerprint density at radius 2 is 1.43 bits per heavy atom. The number of hydrogen-bond acceptors (Lipinski definition) is 5. The second-order valence-corrected chi connectivity index (χ2v) is 3.75. The maximum absolute atomic E-state index is 11.0. The minimum Gasteiger partial charge on any atom is -0.478 e. The van der Waals surface area contributed by atoms with Crippen molar-refractivity contribution in [1.82, 2.24) is 0 Å². The van der Waals surface area contributed by atoms with Gasteiger partial charge in [0.1, 0.15) is 0 Å². The average molecular weight is 298 g/mol. The van der Waals surface area contributed by atoms with Gasteiger partial charge in [-0.15, -0.1) is 0 Å². The Bertz CT molecular complexity index is 350. The summed E-state index contributed by atoms with van der Waals surface area (Å²) in [5.41, 5.74) is 0. The van der Waals surface area contributed by atoms with E-state index in [0.29, 0.717) is 6.42 Å². The van der Waals surface area contributed by atoms with Crippen molar-refractivity contribution in [2.24, 2.45) is 0 Å². The zero-order valence-electron chi connectivity index (χ0n) is 12.2. The van der Waals surface area contributed by atoms with Gasteiger partial charge in [-0.2, -0.15) is 0 Å². The van der Waals surface area contributed by atoms with Gasteiger partial charge in [0.2, 0.25) is 6.29 Å². The van der Waals surface area contributed by atoms with E-state index >= 15 is 0 Å². The summed E-state index contributed by atoms with van der Waals surface area (Å²) in [5.74, 6) is -2.18. The Morgan fingerprint density at radius 3 is 1.71 bits per heavy atom. The highest BCUT2D eigenvalue weighted by Crippen LogP contribution is 2.09. The van der Waals surface area contributed by atoms with Gasteiger partial charge >= 0.3 is 17.9 Å². The van der Waals surface area contributed by atoms with Crippen LogP contribution in [0.3, 0.4) is 0 Å². The summed E-state index contributed by atoms with van der Waals surface area (Å²) in [5, 5.41) is 7.60. The van der Waals surface area contributed by atoms with E-state index in [1.54, 1.807) is 0 Å². The summed E-state index contributed by atoms with van der Waals surface area (Å²) >= 11 is 0. The molecule has 0 radical (unpaired) electrons. The molecule has 0 saturated heterocycles. The third-order valence-corrected chi connectivity index (χ3v) is 2.05. The van der Waals surface area contributed by atoms with E-state index in [1.165, 1.54) is 0 Å². The van der Waals surface area contributed by atoms with Crippen LogP contribution in [0.2, 0.25) is 0 Å². The second kappa shape index (κ2) is 14.0. The van der Waals surface area contributed by atoms with Crippen molar-refractivity contribution in [3.8, 4) is 0 Å². The van der Waals surface area contributed by atoms with Crippen LogP contribution < -0.4 is 0 Å². The summed E-state index contributed by atoms with van der Waals surface area (Å²) < 4.78 is 9.74. The number of rotatable bonds is 9. The number of carbonyl (C=O) groups is 3. The third kappa shape index (κ3) is 15.6. The van der Waals surface area contributed by atoms with E-state index in [1.807, 2.05) is 0 Å². The fourth-order valence-corrected chi connectivity index (χ4v) is 1.06. The van der Waals surface area contributed by atoms with E-state index in [9.17, 15) is 14.4 Å². The van der Waals surface area contributed by atoms with Crippen LogP contribution in [0, 0.1) is 0 Å². The van der Waals surface area contributed by atoms with Crippen molar-refractivity contribution in [2.75, 3.05) is 0 Å². The molecule has 0 bridgehead atoms. The van der Waals surface area contributed by atoms with Crippen LogP contribution in [0.5, 0.6) is 0 Å². The minimum absolute atomic E-state index is 0.493. The number of esters is 2. The molecule has 0 spiro atoms. The molecule has 0 fully saturated rings. The number of aliphatic carboxylic acids is 1. The largest absolute Gasteiger partial charge is 0.478 e. The zero-order valence-corrected chi connectivity index (χ0v) is 12.2. The lowest BCUT2D eigenvalue weighted by atomic mass is 10.2. The number of carboxylic acids is 1. The fraction of sp³-hybridized carbons (Fsp3) is 0.400. The Kier molecular flexibility index (Phi) is 14.0. The van der Waals surface area contributed by atoms with Crippen molar-refractivity contribution in [3.05, 3.63) is 38.0 Å². The van der Waals surface area contributed by atoms with E-state index in [4.69, 9.17) is 14.6 Å². The highest BCUT2D eigenvalue weighted by molar-refractivity contribution is 5.83. The first kappa shape index (κ1) is 20.9. The zero-order chi connectivity index (χ0) is 16.7. The van der Waals surface area contributed by atoms with E-state index in [0.717, 1.165) is 37.5 Å². The Labute approximate surface area is 124 Å². The number of hydrogen-bond donors (Lipinski definition) is 1. The molecule has 1 N–H and O–H groups in total. The first-order valence-corrected chi connectivity index (χ1v) is 6.42. The minimum atomic E-state index is -0.981. The van der Waals surface area contributed by atoms with E-state index in [-0.39, 0.29) is 0 Å². The summed E-state index contributed by atoms with van der Waals surface area (Å²) in [6.07, 6.45) is 5.42. The van der Waals surface area contributed by atoms with Crippen LogP contribution in [0.1, 0.15) is 32.6 Å². The van der Waals surface area contributed by atoms with Crippen molar-refractivity contribution in [2.45, 2.75) is 38.9 Å². The van der Waals surface area contributed by atoms with Crippen molar-refractivity contribution in [3.63, 3.8) is 0 Å². The molecule has 0 saturated carbocycles. The molecule has 0 atom stereocenters. The maximum atomic E-state index is 11.0. The molecular weight excluding hydrogens is 276 g/mol. The molecule has 0 aliphatic carbocycles. The molecule has 0 aromatic heterocycles. The van der Waals surface area contributed by atoms with Crippen molar-refractivity contribution in [1.29, 1.82) is 0 Å². The van der Waals surface area contributed by atoms with Gasteiger partial charge in [-0.3, -0.25) is 0 Å². The van der Waals surface area contributed by atoms with Crippen LogP contribution in [0.15, 0.2) is 38.0 Å². The average Bonchev–Trinajstić information content (AvgIpc) is 2.47. The molecule has 0 unspecified atom stereocenters. The SMILES string of the molecule is C=CC(=O)O.C=CC(=O)OC(CCCCC)OC(=O)C=C. The van der Waals surface area contributed by atoms with Gasteiger partial charge in [0.25, 0.3) is 0 Å². The van der Waals surface area contributed by atoms with Crippen LogP contribution in [0.4, 0.5) is 0 Å². The number of carboxylic acid groups (broad SMARTS) is 1. The molecular formula is C15H22O6. The molecule has 0 rings (SSSR count). The highest BCUT2D eigenvalue weighted by Gasteiger charge is 2.15. The molecule has 0 aromatic rings. The molecule has 0 amide bonds. The Morgan fingerprint density at radius 1 is 1.00 bits per heavy atom. The predicted molar refractivity (Wildman–Crippen MR) is 78.3 cm³/mol. The Hall–Kier alpha value is -2.37. The summed E-state index contributed by atoms with van der Waals surface area (Å²) in [6.45, 7) is 11.6. The fourth-order valence-electron chi connectivity index (χ4n) is 1.06. The standard InChI is InChI=1S/C12H18O4.C3H4O2/c1-4-7-8-9-12(15-10(13)5-2)16-11(14)6-3;1-2-3(4)5/h5-6,12H,2-4,7-9H2,1H3;2H,1H2,(H,4,5). The van der Waals surface area contributed by atoms with Gasteiger partial charge in [0, 0.05) is 24.6 Å². The molecule has 0 aromatic carbocycles. The summed E-state index contributed by atoms with van der Waals surface area (Å²) in [7, 11) is 0. The van der Waals surface area contributed by atoms with Crippen LogP contribution in [0.25, 0.3) is 0 Å². The quantitative estimate of drug-likeness (QED) is 0.304. The number of unbranched alkanes of at least 4 members (excludes halogenated alkanes) is 2. The molecule has 6 nitrogen and oxygen atoms in total. The maximum Gasteiger partial charge on any atom is 0.333 e. The van der Waals surface area contributed by atoms with Gasteiger partial charge < -0.3 is 14.6 Å². The smallest absolute Gasteiger partial charge is 0.333 e. The topological polar surface area (TPSA) is 89.9 Å². The predicted octanol–water partition coefficient (Wildman–Crippen LogP) is 2.61. The van der Waals surface area contributed by atoms with Gasteiger partial charge in [0.05, 0.1) is 0 Å². The third-order valence-electron chi connectivity index (χ3n) is 2.05. The molecule has 21 heavy (non-hydrogen) atoms. The lowest BCUT2D eigenvalue weighted by molar-refractivity contribution is -0.182. The molecule has 0 heterocycles.